The average Bonchev–Trinajstić information content (AvgIpc) is 2.74. The quantitative estimate of drug-likeness (QED) is 0.613. The molecule has 5 nitrogen and oxygen atoms in total. The molecule has 2 unspecified atom stereocenters. The number of rotatable bonds is 3. The average molecular weight is 263 g/mol. The lowest BCUT2D eigenvalue weighted by Crippen LogP contribution is -2.46. The van der Waals surface area contributed by atoms with E-state index in [0.717, 1.165) is 28.8 Å². The Morgan fingerprint density at radius 2 is 1.84 bits per heavy atom. The molecule has 5 heteroatoms. The molecule has 0 bridgehead atoms. The Hall–Kier alpha value is -1.75. The van der Waals surface area contributed by atoms with E-state index in [-0.39, 0.29) is 11.9 Å². The number of nitrogens with zero attached hydrogens (tertiary/aromatic N) is 2. The Balaban J connectivity index is 2.27. The van der Waals surface area contributed by atoms with Crippen LogP contribution < -0.4 is 16.4 Å². The Labute approximate surface area is 114 Å². The van der Waals surface area contributed by atoms with Crippen LogP contribution in [-0.4, -0.2) is 50.2 Å². The monoisotopic (exact) mass is 263 g/mol. The second-order valence-corrected chi connectivity index (χ2v) is 6.17. The van der Waals surface area contributed by atoms with E-state index in [0.29, 0.717) is 6.04 Å². The molecule has 104 valence electrons. The normalized spacial score (nSPS) is 23.6. The van der Waals surface area contributed by atoms with Gasteiger partial charge in [0.1, 0.15) is 12.1 Å². The Morgan fingerprint density at radius 1 is 1.26 bits per heavy atom. The van der Waals surface area contributed by atoms with Crippen molar-refractivity contribution in [2.45, 2.75) is 18.5 Å². The summed E-state index contributed by atoms with van der Waals surface area (Å²) in [5.74, 6) is -0.257. The minimum Gasteiger partial charge on any atom is -0.399 e. The highest BCUT2D eigenvalue weighted by Crippen LogP contribution is 2.29. The SMILES string of the molecule is C[N+](C)(C)C1CC(C(N)=O)N(c2ccc(N)cc2)C1. The number of carbonyl (C=O) groups is 1. The first-order chi connectivity index (χ1) is 8.79. The lowest BCUT2D eigenvalue weighted by atomic mass is 10.1. The van der Waals surface area contributed by atoms with E-state index >= 15 is 0 Å². The smallest absolute Gasteiger partial charge is 0.240 e. The molecule has 1 amide bonds. The third-order valence-corrected chi connectivity index (χ3v) is 3.93. The maximum Gasteiger partial charge on any atom is 0.240 e. The van der Waals surface area contributed by atoms with Crippen LogP contribution in [0.5, 0.6) is 0 Å². The van der Waals surface area contributed by atoms with Gasteiger partial charge in [0, 0.05) is 17.8 Å². The van der Waals surface area contributed by atoms with Gasteiger partial charge in [-0.05, 0) is 24.3 Å². The van der Waals surface area contributed by atoms with Gasteiger partial charge in [0.15, 0.2) is 0 Å². The number of anilines is 2. The Kier molecular flexibility index (Phi) is 3.41. The van der Waals surface area contributed by atoms with Gasteiger partial charge in [-0.15, -0.1) is 0 Å². The van der Waals surface area contributed by atoms with Gasteiger partial charge < -0.3 is 20.9 Å². The summed E-state index contributed by atoms with van der Waals surface area (Å²) in [6.07, 6.45) is 0.795. The van der Waals surface area contributed by atoms with Crippen molar-refractivity contribution in [3.63, 3.8) is 0 Å². The highest BCUT2D eigenvalue weighted by molar-refractivity contribution is 5.84. The number of primary amides is 1. The molecule has 0 aromatic heterocycles. The summed E-state index contributed by atoms with van der Waals surface area (Å²) in [6, 6.07) is 7.77. The van der Waals surface area contributed by atoms with Crippen molar-refractivity contribution in [1.29, 1.82) is 0 Å². The summed E-state index contributed by atoms with van der Waals surface area (Å²) in [5.41, 5.74) is 13.0. The molecule has 1 heterocycles. The molecule has 2 rings (SSSR count). The zero-order valence-corrected chi connectivity index (χ0v) is 11.8. The van der Waals surface area contributed by atoms with Gasteiger partial charge in [-0.25, -0.2) is 0 Å². The second-order valence-electron chi connectivity index (χ2n) is 6.17. The summed E-state index contributed by atoms with van der Waals surface area (Å²) in [6.45, 7) is 0.834. The summed E-state index contributed by atoms with van der Waals surface area (Å²) in [7, 11) is 6.44. The van der Waals surface area contributed by atoms with Gasteiger partial charge >= 0.3 is 0 Å². The molecule has 4 N–H and O–H groups in total. The highest BCUT2D eigenvalue weighted by atomic mass is 16.1. The maximum atomic E-state index is 11.7. The van der Waals surface area contributed by atoms with Crippen molar-refractivity contribution >= 4 is 17.3 Å². The highest BCUT2D eigenvalue weighted by Gasteiger charge is 2.41. The molecule has 0 radical (unpaired) electrons. The van der Waals surface area contributed by atoms with Crippen molar-refractivity contribution in [3.05, 3.63) is 24.3 Å². The van der Waals surface area contributed by atoms with Crippen LogP contribution >= 0.6 is 0 Å². The van der Waals surface area contributed by atoms with Crippen LogP contribution in [0.15, 0.2) is 24.3 Å². The zero-order chi connectivity index (χ0) is 14.2. The molecular weight excluding hydrogens is 240 g/mol. The molecule has 0 saturated carbocycles. The summed E-state index contributed by atoms with van der Waals surface area (Å²) in [4.78, 5) is 13.8. The first-order valence-electron chi connectivity index (χ1n) is 6.51. The number of carbonyl (C=O) groups excluding carboxylic acids is 1. The lowest BCUT2D eigenvalue weighted by Gasteiger charge is -2.31. The van der Waals surface area contributed by atoms with Crippen LogP contribution in [0.1, 0.15) is 6.42 Å². The first-order valence-corrected chi connectivity index (χ1v) is 6.51. The van der Waals surface area contributed by atoms with E-state index in [2.05, 4.69) is 26.0 Å². The fraction of sp³-hybridized carbons (Fsp3) is 0.500. The van der Waals surface area contributed by atoms with Crippen molar-refractivity contribution in [2.24, 2.45) is 5.73 Å². The van der Waals surface area contributed by atoms with E-state index in [1.165, 1.54) is 0 Å². The predicted molar refractivity (Wildman–Crippen MR) is 77.6 cm³/mol. The Morgan fingerprint density at radius 3 is 2.32 bits per heavy atom. The predicted octanol–water partition coefficient (Wildman–Crippen LogP) is 0.408. The number of hydrogen-bond donors (Lipinski definition) is 2. The molecule has 2 atom stereocenters. The number of quaternary nitrogens is 1. The largest absolute Gasteiger partial charge is 0.399 e. The molecule has 0 aliphatic carbocycles. The van der Waals surface area contributed by atoms with Gasteiger partial charge in [-0.3, -0.25) is 4.79 Å². The van der Waals surface area contributed by atoms with E-state index in [9.17, 15) is 4.79 Å². The molecular formula is C14H23N4O+. The number of nitrogens with two attached hydrogens (primary N) is 2. The molecule has 0 spiro atoms. The van der Waals surface area contributed by atoms with Gasteiger partial charge in [0.2, 0.25) is 5.91 Å². The summed E-state index contributed by atoms with van der Waals surface area (Å²) in [5, 5.41) is 0. The van der Waals surface area contributed by atoms with Crippen molar-refractivity contribution in [2.75, 3.05) is 38.3 Å². The zero-order valence-electron chi connectivity index (χ0n) is 11.8. The minimum absolute atomic E-state index is 0.231. The lowest BCUT2D eigenvalue weighted by molar-refractivity contribution is -0.893. The third kappa shape index (κ3) is 2.81. The van der Waals surface area contributed by atoms with Crippen molar-refractivity contribution in [1.82, 2.24) is 0 Å². The van der Waals surface area contributed by atoms with E-state index in [1.54, 1.807) is 0 Å². The maximum absolute atomic E-state index is 11.7. The van der Waals surface area contributed by atoms with Crippen LogP contribution in [0.4, 0.5) is 11.4 Å². The van der Waals surface area contributed by atoms with E-state index in [1.807, 2.05) is 24.3 Å². The molecule has 1 aromatic rings. The van der Waals surface area contributed by atoms with Crippen LogP contribution in [-0.2, 0) is 4.79 Å². The second kappa shape index (κ2) is 4.74. The first kappa shape index (κ1) is 13.7. The van der Waals surface area contributed by atoms with E-state index < -0.39 is 0 Å². The van der Waals surface area contributed by atoms with Crippen LogP contribution in [0.3, 0.4) is 0 Å². The van der Waals surface area contributed by atoms with Crippen molar-refractivity contribution < 1.29 is 9.28 Å². The minimum atomic E-state index is -0.257. The van der Waals surface area contributed by atoms with Gasteiger partial charge in [0.05, 0.1) is 27.7 Å². The topological polar surface area (TPSA) is 72.4 Å². The third-order valence-electron chi connectivity index (χ3n) is 3.93. The van der Waals surface area contributed by atoms with Crippen molar-refractivity contribution in [3.8, 4) is 0 Å². The molecule has 1 saturated heterocycles. The molecule has 1 fully saturated rings. The summed E-state index contributed by atoms with van der Waals surface area (Å²) >= 11 is 0. The molecule has 1 aliphatic rings. The number of amides is 1. The van der Waals surface area contributed by atoms with E-state index in [4.69, 9.17) is 11.5 Å². The summed E-state index contributed by atoms with van der Waals surface area (Å²) < 4.78 is 0.829. The van der Waals surface area contributed by atoms with Gasteiger partial charge in [0.25, 0.3) is 0 Å². The fourth-order valence-corrected chi connectivity index (χ4v) is 2.60. The fourth-order valence-electron chi connectivity index (χ4n) is 2.60. The van der Waals surface area contributed by atoms with Crippen LogP contribution in [0.2, 0.25) is 0 Å². The number of hydrogen-bond acceptors (Lipinski definition) is 3. The molecule has 1 aromatic carbocycles. The Bertz CT molecular complexity index is 463. The molecule has 1 aliphatic heterocycles. The molecule has 19 heavy (non-hydrogen) atoms. The number of nitrogen functional groups attached to an aromatic ring is 1. The van der Waals surface area contributed by atoms with Gasteiger partial charge in [-0.1, -0.05) is 0 Å². The van der Waals surface area contributed by atoms with Crippen LogP contribution in [0.25, 0.3) is 0 Å². The standard InChI is InChI=1S/C14H22N4O/c1-18(2,3)12-8-13(14(16)19)17(9-12)11-6-4-10(15)5-7-11/h4-7,12-13H,8-9,15H2,1-3H3,(H-,16,19)/p+1. The van der Waals surface area contributed by atoms with Gasteiger partial charge in [-0.2, -0.15) is 0 Å². The number of likely N-dealkylation sites (N-methyl/N-ethyl adjacent to an activating group) is 1. The number of benzene rings is 1. The van der Waals surface area contributed by atoms with Crippen LogP contribution in [0, 0.1) is 0 Å².